The molecule has 1 aromatic heterocycles. The zero-order valence-corrected chi connectivity index (χ0v) is 13.1. The second-order valence-electron chi connectivity index (χ2n) is 6.44. The van der Waals surface area contributed by atoms with E-state index >= 15 is 0 Å². The van der Waals surface area contributed by atoms with Crippen LogP contribution >= 0.6 is 11.3 Å². The van der Waals surface area contributed by atoms with Crippen LogP contribution in [0.3, 0.4) is 0 Å². The molecule has 1 aromatic rings. The number of nitrogens with two attached hydrogens (primary N) is 1. The van der Waals surface area contributed by atoms with Gasteiger partial charge in [0.15, 0.2) is 0 Å². The Morgan fingerprint density at radius 1 is 1.37 bits per heavy atom. The quantitative estimate of drug-likeness (QED) is 0.900. The van der Waals surface area contributed by atoms with Gasteiger partial charge in [-0.05, 0) is 38.0 Å². The van der Waals surface area contributed by atoms with Gasteiger partial charge in [-0.2, -0.15) is 0 Å². The van der Waals surface area contributed by atoms with Gasteiger partial charge in [-0.25, -0.2) is 0 Å². The van der Waals surface area contributed by atoms with Crippen LogP contribution in [0.4, 0.5) is 0 Å². The minimum atomic E-state index is -0.131. The normalized spacial score (nSPS) is 23.2. The second-order valence-corrected chi connectivity index (χ2v) is 7.41. The van der Waals surface area contributed by atoms with Crippen LogP contribution in [-0.4, -0.2) is 23.2 Å². The van der Waals surface area contributed by atoms with Crippen molar-refractivity contribution in [1.29, 1.82) is 0 Å². The highest BCUT2D eigenvalue weighted by Crippen LogP contribution is 2.43. The van der Waals surface area contributed by atoms with Gasteiger partial charge in [0, 0.05) is 30.1 Å². The maximum absolute atomic E-state index is 6.50. The van der Waals surface area contributed by atoms with Gasteiger partial charge in [0.2, 0.25) is 0 Å². The van der Waals surface area contributed by atoms with Crippen LogP contribution in [0.25, 0.3) is 0 Å². The lowest BCUT2D eigenvalue weighted by molar-refractivity contribution is -0.0986. The number of thiazole rings is 1. The molecule has 1 unspecified atom stereocenters. The molecule has 1 heterocycles. The summed E-state index contributed by atoms with van der Waals surface area (Å²) in [5, 5.41) is 0. The lowest BCUT2D eigenvalue weighted by atomic mass is 9.68. The van der Waals surface area contributed by atoms with Crippen LogP contribution in [0.1, 0.15) is 51.3 Å². The molecule has 4 heteroatoms. The van der Waals surface area contributed by atoms with Gasteiger partial charge in [0.25, 0.3) is 0 Å². The molecule has 0 bridgehead atoms. The van der Waals surface area contributed by atoms with Crippen molar-refractivity contribution < 1.29 is 4.74 Å². The largest absolute Gasteiger partial charge is 0.374 e. The van der Waals surface area contributed by atoms with E-state index in [1.54, 1.807) is 11.3 Å². The lowest BCUT2D eigenvalue weighted by Gasteiger charge is -2.46. The smallest absolute Gasteiger partial charge is 0.0836 e. The topological polar surface area (TPSA) is 48.1 Å². The molecular weight excluding hydrogens is 256 g/mol. The van der Waals surface area contributed by atoms with E-state index in [2.05, 4.69) is 25.8 Å². The summed E-state index contributed by atoms with van der Waals surface area (Å²) >= 11 is 1.69. The molecule has 1 aliphatic rings. The number of aromatic nitrogens is 1. The van der Waals surface area contributed by atoms with Gasteiger partial charge in [-0.3, -0.25) is 4.98 Å². The first-order valence-electron chi connectivity index (χ1n) is 7.24. The van der Waals surface area contributed by atoms with Crippen LogP contribution in [-0.2, 0) is 11.2 Å². The first-order valence-corrected chi connectivity index (χ1v) is 8.12. The minimum Gasteiger partial charge on any atom is -0.374 e. The van der Waals surface area contributed by atoms with E-state index in [1.165, 1.54) is 17.7 Å². The van der Waals surface area contributed by atoms with Gasteiger partial charge in [0.05, 0.1) is 11.1 Å². The molecular formula is C15H26N2OS. The van der Waals surface area contributed by atoms with Gasteiger partial charge in [-0.1, -0.05) is 13.8 Å². The summed E-state index contributed by atoms with van der Waals surface area (Å²) in [6.45, 7) is 7.51. The molecule has 0 amide bonds. The van der Waals surface area contributed by atoms with Crippen molar-refractivity contribution in [3.05, 3.63) is 16.6 Å². The van der Waals surface area contributed by atoms with Crippen LogP contribution in [0, 0.1) is 5.41 Å². The molecule has 2 N–H and O–H groups in total. The Morgan fingerprint density at radius 3 is 2.58 bits per heavy atom. The Morgan fingerprint density at radius 2 is 2.05 bits per heavy atom. The van der Waals surface area contributed by atoms with Gasteiger partial charge in [0.1, 0.15) is 0 Å². The van der Waals surface area contributed by atoms with E-state index in [-0.39, 0.29) is 11.6 Å². The standard InChI is InChI=1S/C15H26N2OS/c1-4-18-15(7-5-14(2,3)6-8-15)13(16)9-12-10-17-11-19-12/h10-11,13H,4-9,16H2,1-3H3. The summed E-state index contributed by atoms with van der Waals surface area (Å²) in [6, 6.07) is 0.0731. The Bertz CT molecular complexity index is 379. The van der Waals surface area contributed by atoms with E-state index in [9.17, 15) is 0 Å². The third-order valence-corrected chi connectivity index (χ3v) is 5.26. The number of rotatable bonds is 5. The fourth-order valence-electron chi connectivity index (χ4n) is 3.01. The van der Waals surface area contributed by atoms with Crippen molar-refractivity contribution in [3.63, 3.8) is 0 Å². The third kappa shape index (κ3) is 3.56. The van der Waals surface area contributed by atoms with Gasteiger partial charge >= 0.3 is 0 Å². The highest BCUT2D eigenvalue weighted by molar-refractivity contribution is 7.09. The van der Waals surface area contributed by atoms with Crippen molar-refractivity contribution in [2.24, 2.45) is 11.1 Å². The maximum Gasteiger partial charge on any atom is 0.0836 e. The fourth-order valence-corrected chi connectivity index (χ4v) is 3.66. The molecule has 0 aliphatic heterocycles. The molecule has 19 heavy (non-hydrogen) atoms. The van der Waals surface area contributed by atoms with Crippen LogP contribution in [0.2, 0.25) is 0 Å². The van der Waals surface area contributed by atoms with E-state index in [0.717, 1.165) is 25.9 Å². The molecule has 0 spiro atoms. The number of hydrogen-bond acceptors (Lipinski definition) is 4. The van der Waals surface area contributed by atoms with Crippen LogP contribution < -0.4 is 5.73 Å². The van der Waals surface area contributed by atoms with Crippen molar-refractivity contribution in [2.75, 3.05) is 6.61 Å². The predicted octanol–water partition coefficient (Wildman–Crippen LogP) is 3.39. The zero-order chi connectivity index (χ0) is 13.9. The molecule has 1 aliphatic carbocycles. The highest BCUT2D eigenvalue weighted by Gasteiger charge is 2.43. The molecule has 1 atom stereocenters. The predicted molar refractivity (Wildman–Crippen MR) is 80.4 cm³/mol. The fraction of sp³-hybridized carbons (Fsp3) is 0.800. The van der Waals surface area contributed by atoms with Gasteiger partial charge in [-0.15, -0.1) is 11.3 Å². The summed E-state index contributed by atoms with van der Waals surface area (Å²) in [6.07, 6.45) is 7.36. The average molecular weight is 282 g/mol. The Balaban J connectivity index is 2.06. The highest BCUT2D eigenvalue weighted by atomic mass is 32.1. The number of nitrogens with zero attached hydrogens (tertiary/aromatic N) is 1. The summed E-state index contributed by atoms with van der Waals surface area (Å²) in [5.74, 6) is 0. The van der Waals surface area contributed by atoms with E-state index < -0.39 is 0 Å². The summed E-state index contributed by atoms with van der Waals surface area (Å²) in [5.41, 5.74) is 8.68. The molecule has 0 radical (unpaired) electrons. The number of hydrogen-bond donors (Lipinski definition) is 1. The first-order chi connectivity index (χ1) is 8.97. The minimum absolute atomic E-state index is 0.0731. The second kappa shape index (κ2) is 5.90. The molecule has 0 saturated heterocycles. The van der Waals surface area contributed by atoms with Crippen molar-refractivity contribution in [2.45, 2.75) is 64.5 Å². The summed E-state index contributed by atoms with van der Waals surface area (Å²) in [4.78, 5) is 5.39. The Hall–Kier alpha value is -0.450. The average Bonchev–Trinajstić information content (AvgIpc) is 2.85. The summed E-state index contributed by atoms with van der Waals surface area (Å²) in [7, 11) is 0. The van der Waals surface area contributed by atoms with E-state index in [4.69, 9.17) is 10.5 Å². The zero-order valence-electron chi connectivity index (χ0n) is 12.3. The molecule has 108 valence electrons. The third-order valence-electron chi connectivity index (χ3n) is 4.46. The SMILES string of the molecule is CCOC1(C(N)Cc2cncs2)CCC(C)(C)CC1. The Kier molecular flexibility index (Phi) is 4.64. The molecule has 1 saturated carbocycles. The molecule has 3 nitrogen and oxygen atoms in total. The van der Waals surface area contributed by atoms with Crippen LogP contribution in [0.15, 0.2) is 11.7 Å². The van der Waals surface area contributed by atoms with Crippen molar-refractivity contribution in [1.82, 2.24) is 4.98 Å². The lowest BCUT2D eigenvalue weighted by Crippen LogP contribution is -2.54. The monoisotopic (exact) mass is 282 g/mol. The van der Waals surface area contributed by atoms with Crippen molar-refractivity contribution >= 4 is 11.3 Å². The van der Waals surface area contributed by atoms with E-state index in [0.29, 0.717) is 5.41 Å². The number of ether oxygens (including phenoxy) is 1. The molecule has 1 fully saturated rings. The van der Waals surface area contributed by atoms with E-state index in [1.807, 2.05) is 11.7 Å². The summed E-state index contributed by atoms with van der Waals surface area (Å²) < 4.78 is 6.13. The maximum atomic E-state index is 6.50. The first kappa shape index (κ1) is 14.9. The van der Waals surface area contributed by atoms with Crippen molar-refractivity contribution in [3.8, 4) is 0 Å². The van der Waals surface area contributed by atoms with Crippen LogP contribution in [0.5, 0.6) is 0 Å². The van der Waals surface area contributed by atoms with Gasteiger partial charge < -0.3 is 10.5 Å². The Labute approximate surface area is 120 Å². The molecule has 2 rings (SSSR count). The molecule has 0 aromatic carbocycles.